The Kier molecular flexibility index (Phi) is 6.67. The van der Waals surface area contributed by atoms with Crippen molar-refractivity contribution in [3.05, 3.63) is 131 Å². The Balaban J connectivity index is 1.37. The lowest BCUT2D eigenvalue weighted by atomic mass is 9.96. The number of anilines is 1. The maximum Gasteiger partial charge on any atom is 0.174 e. The third kappa shape index (κ3) is 4.93. The molecule has 2 aromatic carbocycles. The fraction of sp³-hybridized carbons (Fsp3) is 0.188. The number of hydrogen-bond acceptors (Lipinski definition) is 4. The van der Waals surface area contributed by atoms with Gasteiger partial charge >= 0.3 is 0 Å². The van der Waals surface area contributed by atoms with Crippen molar-refractivity contribution in [3.63, 3.8) is 0 Å². The number of rotatable bonds is 7. The van der Waals surface area contributed by atoms with Gasteiger partial charge in [-0.1, -0.05) is 23.8 Å². The molecular weight excluding hydrogens is 504 g/mol. The van der Waals surface area contributed by atoms with Crippen molar-refractivity contribution < 1.29 is 9.15 Å². The van der Waals surface area contributed by atoms with Gasteiger partial charge in [0, 0.05) is 23.3 Å². The van der Waals surface area contributed by atoms with Gasteiger partial charge in [0.1, 0.15) is 17.3 Å². The predicted molar refractivity (Wildman–Crippen MR) is 157 cm³/mol. The van der Waals surface area contributed by atoms with E-state index in [1.54, 1.807) is 6.26 Å². The summed E-state index contributed by atoms with van der Waals surface area (Å²) in [5, 5.41) is 4.23. The van der Waals surface area contributed by atoms with Gasteiger partial charge < -0.3 is 23.9 Å². The molecule has 0 aliphatic carbocycles. The standard InChI is InChI=1S/C32H30N4O2S/c1-21-9-13-25(14-10-21)38-26-15-11-24(12-16-26)36-31(30(34-32(36)39)29-8-4-5-17-33-29)28-19-22(2)35(23(28)3)20-27-7-6-18-37-27/h4-19,30-31H,20H2,1-3H3,(H,34,39). The van der Waals surface area contributed by atoms with E-state index >= 15 is 0 Å². The van der Waals surface area contributed by atoms with E-state index in [1.165, 1.54) is 22.5 Å². The summed E-state index contributed by atoms with van der Waals surface area (Å²) >= 11 is 5.94. The van der Waals surface area contributed by atoms with Gasteiger partial charge in [-0.25, -0.2) is 0 Å². The Morgan fingerprint density at radius 2 is 1.67 bits per heavy atom. The first-order valence-electron chi connectivity index (χ1n) is 13.0. The van der Waals surface area contributed by atoms with Crippen LogP contribution in [0.5, 0.6) is 11.5 Å². The van der Waals surface area contributed by atoms with Crippen molar-refractivity contribution in [1.29, 1.82) is 0 Å². The topological polar surface area (TPSA) is 55.5 Å². The van der Waals surface area contributed by atoms with Crippen LogP contribution in [-0.4, -0.2) is 14.7 Å². The lowest BCUT2D eigenvalue weighted by molar-refractivity contribution is 0.482. The number of aryl methyl sites for hydroxylation is 2. The summed E-state index contributed by atoms with van der Waals surface area (Å²) in [6.07, 6.45) is 3.55. The first kappa shape index (κ1) is 24.9. The molecule has 1 aliphatic heterocycles. The highest BCUT2D eigenvalue weighted by Gasteiger charge is 2.42. The molecule has 0 bridgehead atoms. The van der Waals surface area contributed by atoms with E-state index in [2.05, 4.69) is 59.8 Å². The summed E-state index contributed by atoms with van der Waals surface area (Å²) < 4.78 is 14.0. The van der Waals surface area contributed by atoms with E-state index in [9.17, 15) is 0 Å². The van der Waals surface area contributed by atoms with E-state index in [1.807, 2.05) is 66.9 Å². The molecule has 2 unspecified atom stereocenters. The van der Waals surface area contributed by atoms with E-state index < -0.39 is 0 Å². The molecule has 1 saturated heterocycles. The Labute approximate surface area is 233 Å². The quantitative estimate of drug-likeness (QED) is 0.219. The lowest BCUT2D eigenvalue weighted by Crippen LogP contribution is -2.29. The van der Waals surface area contributed by atoms with Gasteiger partial charge in [-0.3, -0.25) is 4.98 Å². The summed E-state index contributed by atoms with van der Waals surface area (Å²) in [5.41, 5.74) is 6.67. The third-order valence-electron chi connectivity index (χ3n) is 7.30. The second-order valence-corrected chi connectivity index (χ2v) is 10.3. The SMILES string of the molecule is Cc1ccc(Oc2ccc(N3C(=S)NC(c4ccccn4)C3c3cc(C)n(Cc4ccco4)c3C)cc2)cc1. The van der Waals surface area contributed by atoms with Crippen LogP contribution in [0.3, 0.4) is 0 Å². The average molecular weight is 535 g/mol. The fourth-order valence-electron chi connectivity index (χ4n) is 5.30. The Bertz CT molecular complexity index is 1580. The zero-order valence-corrected chi connectivity index (χ0v) is 23.0. The molecule has 1 fully saturated rings. The lowest BCUT2D eigenvalue weighted by Gasteiger charge is -2.28. The summed E-state index contributed by atoms with van der Waals surface area (Å²) in [6.45, 7) is 7.04. The minimum absolute atomic E-state index is 0.0900. The maximum atomic E-state index is 6.08. The highest BCUT2D eigenvalue weighted by atomic mass is 32.1. The van der Waals surface area contributed by atoms with Crippen LogP contribution in [0.25, 0.3) is 0 Å². The van der Waals surface area contributed by atoms with Crippen LogP contribution >= 0.6 is 12.2 Å². The molecule has 1 aliphatic rings. The van der Waals surface area contributed by atoms with Crippen molar-refractivity contribution in [3.8, 4) is 11.5 Å². The maximum absolute atomic E-state index is 6.08. The molecule has 196 valence electrons. The summed E-state index contributed by atoms with van der Waals surface area (Å²) in [5.74, 6) is 2.50. The fourth-order valence-corrected chi connectivity index (χ4v) is 5.64. The van der Waals surface area contributed by atoms with Crippen molar-refractivity contribution in [2.24, 2.45) is 0 Å². The van der Waals surface area contributed by atoms with Crippen LogP contribution in [0.2, 0.25) is 0 Å². The monoisotopic (exact) mass is 534 g/mol. The number of hydrogen-bond donors (Lipinski definition) is 1. The van der Waals surface area contributed by atoms with Crippen LogP contribution in [0.1, 0.15) is 46.1 Å². The van der Waals surface area contributed by atoms with Gasteiger partial charge in [0.15, 0.2) is 5.11 Å². The Morgan fingerprint density at radius 1 is 0.923 bits per heavy atom. The molecule has 0 spiro atoms. The van der Waals surface area contributed by atoms with Gasteiger partial charge in [-0.05, 0) is 105 Å². The molecule has 1 N–H and O–H groups in total. The molecule has 39 heavy (non-hydrogen) atoms. The zero-order valence-electron chi connectivity index (χ0n) is 22.2. The van der Waals surface area contributed by atoms with Gasteiger partial charge in [0.2, 0.25) is 0 Å². The highest BCUT2D eigenvalue weighted by molar-refractivity contribution is 7.80. The smallest absolute Gasteiger partial charge is 0.174 e. The van der Waals surface area contributed by atoms with E-state index in [-0.39, 0.29) is 12.1 Å². The van der Waals surface area contributed by atoms with Gasteiger partial charge in [0.05, 0.1) is 30.6 Å². The molecule has 4 heterocycles. The van der Waals surface area contributed by atoms with E-state index in [0.717, 1.165) is 28.6 Å². The largest absolute Gasteiger partial charge is 0.467 e. The Morgan fingerprint density at radius 3 is 2.33 bits per heavy atom. The summed E-state index contributed by atoms with van der Waals surface area (Å²) in [4.78, 5) is 6.89. The van der Waals surface area contributed by atoms with Crippen LogP contribution in [0, 0.1) is 20.8 Å². The number of pyridine rings is 1. The number of furan rings is 1. The number of benzene rings is 2. The second-order valence-electron chi connectivity index (χ2n) is 9.90. The van der Waals surface area contributed by atoms with Gasteiger partial charge in [0.25, 0.3) is 0 Å². The highest BCUT2D eigenvalue weighted by Crippen LogP contribution is 2.43. The predicted octanol–water partition coefficient (Wildman–Crippen LogP) is 7.42. The molecule has 6 nitrogen and oxygen atoms in total. The average Bonchev–Trinajstić information content (AvgIpc) is 3.66. The molecule has 0 radical (unpaired) electrons. The molecule has 5 aromatic rings. The summed E-state index contributed by atoms with van der Waals surface area (Å²) in [6, 6.07) is 28.2. The first-order chi connectivity index (χ1) is 19.0. The molecule has 7 heteroatoms. The minimum Gasteiger partial charge on any atom is -0.467 e. The van der Waals surface area contributed by atoms with Crippen molar-refractivity contribution in [2.45, 2.75) is 39.4 Å². The number of thiocarbonyl (C=S) groups is 1. The number of aromatic nitrogens is 2. The molecular formula is C32H30N4O2S. The molecule has 6 rings (SSSR count). The third-order valence-corrected chi connectivity index (χ3v) is 7.61. The van der Waals surface area contributed by atoms with Gasteiger partial charge in [-0.2, -0.15) is 0 Å². The van der Waals surface area contributed by atoms with E-state index in [4.69, 9.17) is 26.4 Å². The van der Waals surface area contributed by atoms with Crippen LogP contribution in [-0.2, 0) is 6.54 Å². The van der Waals surface area contributed by atoms with Gasteiger partial charge in [-0.15, -0.1) is 0 Å². The normalized spacial score (nSPS) is 16.9. The molecule has 3 aromatic heterocycles. The van der Waals surface area contributed by atoms with Crippen LogP contribution < -0.4 is 15.0 Å². The number of ether oxygens (including phenoxy) is 1. The summed E-state index contributed by atoms with van der Waals surface area (Å²) in [7, 11) is 0. The minimum atomic E-state index is -0.111. The molecule has 2 atom stereocenters. The van der Waals surface area contributed by atoms with Crippen molar-refractivity contribution in [1.82, 2.24) is 14.9 Å². The van der Waals surface area contributed by atoms with Crippen LogP contribution in [0.15, 0.2) is 102 Å². The zero-order chi connectivity index (χ0) is 26.9. The second kappa shape index (κ2) is 10.4. The Hall–Kier alpha value is -4.36. The van der Waals surface area contributed by atoms with E-state index in [0.29, 0.717) is 11.7 Å². The molecule has 0 saturated carbocycles. The van der Waals surface area contributed by atoms with Crippen LogP contribution in [0.4, 0.5) is 5.69 Å². The number of nitrogens with one attached hydrogen (secondary N) is 1. The number of nitrogens with zero attached hydrogens (tertiary/aromatic N) is 3. The first-order valence-corrected chi connectivity index (χ1v) is 13.4. The van der Waals surface area contributed by atoms with Crippen molar-refractivity contribution >= 4 is 23.0 Å². The molecule has 0 amide bonds. The van der Waals surface area contributed by atoms with Crippen molar-refractivity contribution in [2.75, 3.05) is 4.90 Å².